The topological polar surface area (TPSA) is 71.2 Å². The van der Waals surface area contributed by atoms with Crippen molar-refractivity contribution in [3.05, 3.63) is 33.8 Å². The van der Waals surface area contributed by atoms with E-state index in [1.165, 1.54) is 6.92 Å². The number of aromatic nitrogens is 2. The maximum atomic E-state index is 12.9. The second kappa shape index (κ2) is 4.46. The van der Waals surface area contributed by atoms with Crippen molar-refractivity contribution in [2.75, 3.05) is 0 Å². The van der Waals surface area contributed by atoms with Gasteiger partial charge in [-0.15, -0.1) is 0 Å². The van der Waals surface area contributed by atoms with Crippen LogP contribution in [0.15, 0.2) is 15.3 Å². The van der Waals surface area contributed by atoms with Crippen molar-refractivity contribution < 1.29 is 22.7 Å². The molecule has 2 N–H and O–H groups in total. The fourth-order valence-electron chi connectivity index (χ4n) is 1.94. The molecule has 2 rings (SSSR count). The van der Waals surface area contributed by atoms with Crippen LogP contribution in [0.1, 0.15) is 37.0 Å². The molecule has 0 bridgehead atoms. The lowest BCUT2D eigenvalue weighted by Gasteiger charge is -2.07. The molecule has 2 aromatic heterocycles. The van der Waals surface area contributed by atoms with E-state index < -0.39 is 29.2 Å². The van der Waals surface area contributed by atoms with E-state index in [1.807, 2.05) is 0 Å². The average Bonchev–Trinajstić information content (AvgIpc) is 2.79. The Kier molecular flexibility index (Phi) is 3.19. The molecular weight excluding hydrogens is 277 g/mol. The van der Waals surface area contributed by atoms with Crippen molar-refractivity contribution >= 4 is 0 Å². The molecule has 0 aromatic carbocycles. The fourth-order valence-corrected chi connectivity index (χ4v) is 1.94. The van der Waals surface area contributed by atoms with Crippen molar-refractivity contribution in [1.82, 2.24) is 9.55 Å². The summed E-state index contributed by atoms with van der Waals surface area (Å²) >= 11 is 0. The van der Waals surface area contributed by atoms with Crippen molar-refractivity contribution in [3.63, 3.8) is 0 Å². The Balaban J connectivity index is 2.73. The molecule has 5 nitrogen and oxygen atoms in total. The number of furan rings is 1. The molecule has 0 aliphatic heterocycles. The standard InChI is InChI=1S/C12H13F3N2O3/c1-5(2)8-10(18)17(11(19)16-8)7-4-6(3)20-9(7)12(13,14)15/h4-5,18H,1-3H3,(H,16,19). The van der Waals surface area contributed by atoms with Gasteiger partial charge in [-0.3, -0.25) is 0 Å². The van der Waals surface area contributed by atoms with E-state index >= 15 is 0 Å². The van der Waals surface area contributed by atoms with Gasteiger partial charge in [-0.2, -0.15) is 13.2 Å². The average molecular weight is 290 g/mol. The maximum absolute atomic E-state index is 12.9. The molecule has 0 saturated heterocycles. The largest absolute Gasteiger partial charge is 0.493 e. The molecule has 0 atom stereocenters. The minimum atomic E-state index is -4.76. The monoisotopic (exact) mass is 290 g/mol. The van der Waals surface area contributed by atoms with Gasteiger partial charge in [-0.25, -0.2) is 9.36 Å². The Hall–Kier alpha value is -2.12. The fraction of sp³-hybridized carbons (Fsp3) is 0.417. The van der Waals surface area contributed by atoms with Gasteiger partial charge in [0.1, 0.15) is 11.4 Å². The minimum Gasteiger partial charge on any atom is -0.493 e. The molecule has 2 heterocycles. The summed E-state index contributed by atoms with van der Waals surface area (Å²) in [6.07, 6.45) is -4.76. The first-order valence-corrected chi connectivity index (χ1v) is 5.84. The zero-order valence-electron chi connectivity index (χ0n) is 11.0. The Morgan fingerprint density at radius 3 is 2.45 bits per heavy atom. The van der Waals surface area contributed by atoms with Gasteiger partial charge < -0.3 is 14.5 Å². The smallest absolute Gasteiger partial charge is 0.451 e. The van der Waals surface area contributed by atoms with E-state index in [4.69, 9.17) is 0 Å². The van der Waals surface area contributed by atoms with Crippen molar-refractivity contribution in [1.29, 1.82) is 0 Å². The predicted molar refractivity (Wildman–Crippen MR) is 64.1 cm³/mol. The highest BCUT2D eigenvalue weighted by Crippen LogP contribution is 2.37. The van der Waals surface area contributed by atoms with Gasteiger partial charge in [0.25, 0.3) is 0 Å². The number of H-pyrrole nitrogens is 1. The number of aromatic hydroxyl groups is 1. The Morgan fingerprint density at radius 2 is 2.00 bits per heavy atom. The molecule has 8 heteroatoms. The summed E-state index contributed by atoms with van der Waals surface area (Å²) in [5.74, 6) is -2.12. The number of nitrogens with zero attached hydrogens (tertiary/aromatic N) is 1. The summed E-state index contributed by atoms with van der Waals surface area (Å²) in [4.78, 5) is 14.1. The van der Waals surface area contributed by atoms with Gasteiger partial charge in [0.2, 0.25) is 11.6 Å². The van der Waals surface area contributed by atoms with Crippen LogP contribution < -0.4 is 5.69 Å². The van der Waals surface area contributed by atoms with Gasteiger partial charge in [0, 0.05) is 6.07 Å². The molecule has 0 saturated carbocycles. The van der Waals surface area contributed by atoms with Crippen molar-refractivity contribution in [3.8, 4) is 11.6 Å². The highest BCUT2D eigenvalue weighted by Gasteiger charge is 2.40. The van der Waals surface area contributed by atoms with Gasteiger partial charge in [0.05, 0.1) is 5.69 Å². The Labute approximate surface area is 111 Å². The molecule has 0 fully saturated rings. The number of alkyl halides is 3. The lowest BCUT2D eigenvalue weighted by Crippen LogP contribution is -2.17. The molecule has 0 amide bonds. The zero-order valence-corrected chi connectivity index (χ0v) is 11.0. The molecular formula is C12H13F3N2O3. The Bertz CT molecular complexity index is 692. The number of imidazole rings is 1. The minimum absolute atomic E-state index is 0.00841. The van der Waals surface area contributed by atoms with E-state index in [-0.39, 0.29) is 17.4 Å². The zero-order chi connectivity index (χ0) is 15.2. The van der Waals surface area contributed by atoms with Crippen LogP contribution >= 0.6 is 0 Å². The second-order valence-electron chi connectivity index (χ2n) is 4.73. The van der Waals surface area contributed by atoms with Crippen LogP contribution in [0.4, 0.5) is 13.2 Å². The lowest BCUT2D eigenvalue weighted by atomic mass is 10.1. The molecule has 0 aliphatic rings. The third-order valence-electron chi connectivity index (χ3n) is 2.81. The third kappa shape index (κ3) is 2.21. The van der Waals surface area contributed by atoms with E-state index in [2.05, 4.69) is 9.40 Å². The first kappa shape index (κ1) is 14.3. The SMILES string of the molecule is Cc1cc(-n2c(O)c(C(C)C)[nH]c2=O)c(C(F)(F)F)o1. The molecule has 0 aliphatic carbocycles. The first-order valence-electron chi connectivity index (χ1n) is 5.84. The highest BCUT2D eigenvalue weighted by molar-refractivity contribution is 5.43. The summed E-state index contributed by atoms with van der Waals surface area (Å²) in [6, 6.07) is 1.06. The summed E-state index contributed by atoms with van der Waals surface area (Å²) < 4.78 is 43.8. The first-order chi connectivity index (χ1) is 9.12. The summed E-state index contributed by atoms with van der Waals surface area (Å²) in [5.41, 5.74) is -1.21. The highest BCUT2D eigenvalue weighted by atomic mass is 19.4. The number of aromatic amines is 1. The van der Waals surface area contributed by atoms with Crippen LogP contribution in [0.5, 0.6) is 5.88 Å². The van der Waals surface area contributed by atoms with Gasteiger partial charge in [-0.05, 0) is 12.8 Å². The number of rotatable bonds is 2. The van der Waals surface area contributed by atoms with E-state index in [0.29, 0.717) is 4.57 Å². The quantitative estimate of drug-likeness (QED) is 0.893. The summed E-state index contributed by atoms with van der Waals surface area (Å²) in [6.45, 7) is 4.72. The van der Waals surface area contributed by atoms with Crippen LogP contribution in [0, 0.1) is 6.92 Å². The molecule has 0 unspecified atom stereocenters. The molecule has 20 heavy (non-hydrogen) atoms. The van der Waals surface area contributed by atoms with Gasteiger partial charge >= 0.3 is 11.9 Å². The third-order valence-corrected chi connectivity index (χ3v) is 2.81. The number of hydrogen-bond acceptors (Lipinski definition) is 3. The number of hydrogen-bond donors (Lipinski definition) is 2. The van der Waals surface area contributed by atoms with Crippen LogP contribution in [0.25, 0.3) is 5.69 Å². The molecule has 2 aromatic rings. The van der Waals surface area contributed by atoms with Gasteiger partial charge in [0.15, 0.2) is 0 Å². The number of nitrogens with one attached hydrogen (secondary N) is 1. The van der Waals surface area contributed by atoms with E-state index in [0.717, 1.165) is 6.07 Å². The molecule has 110 valence electrons. The van der Waals surface area contributed by atoms with E-state index in [1.54, 1.807) is 13.8 Å². The normalized spacial score (nSPS) is 12.3. The van der Waals surface area contributed by atoms with Crippen molar-refractivity contribution in [2.24, 2.45) is 0 Å². The van der Waals surface area contributed by atoms with Crippen LogP contribution in [-0.4, -0.2) is 14.7 Å². The lowest BCUT2D eigenvalue weighted by molar-refractivity contribution is -0.153. The molecule has 0 spiro atoms. The second-order valence-corrected chi connectivity index (χ2v) is 4.73. The number of aryl methyl sites for hydroxylation is 1. The maximum Gasteiger partial charge on any atom is 0.451 e. The number of halogens is 3. The van der Waals surface area contributed by atoms with E-state index in [9.17, 15) is 23.1 Å². The van der Waals surface area contributed by atoms with Crippen molar-refractivity contribution in [2.45, 2.75) is 32.9 Å². The van der Waals surface area contributed by atoms with Crippen LogP contribution in [0.3, 0.4) is 0 Å². The van der Waals surface area contributed by atoms with Crippen LogP contribution in [-0.2, 0) is 6.18 Å². The predicted octanol–water partition coefficient (Wildman–Crippen LogP) is 2.91. The summed E-state index contributed by atoms with van der Waals surface area (Å²) in [7, 11) is 0. The van der Waals surface area contributed by atoms with Gasteiger partial charge in [-0.1, -0.05) is 13.8 Å². The molecule has 0 radical (unpaired) electrons. The Morgan fingerprint density at radius 1 is 1.40 bits per heavy atom. The summed E-state index contributed by atoms with van der Waals surface area (Å²) in [5, 5.41) is 9.96. The van der Waals surface area contributed by atoms with Crippen LogP contribution in [0.2, 0.25) is 0 Å².